The number of nitrogens with zero attached hydrogens (tertiary/aromatic N) is 4. The Hall–Kier alpha value is -3.90. The Labute approximate surface area is 282 Å². The molecule has 12 heteroatoms. The highest BCUT2D eigenvalue weighted by Crippen LogP contribution is 2.66. The number of hydrogen-bond donors (Lipinski definition) is 1. The third-order valence-corrected chi connectivity index (χ3v) is 12.5. The molecule has 2 unspecified atom stereocenters. The van der Waals surface area contributed by atoms with E-state index in [0.717, 1.165) is 69.9 Å². The molecule has 3 aromatic rings. The van der Waals surface area contributed by atoms with Gasteiger partial charge in [0.25, 0.3) is 5.91 Å². The van der Waals surface area contributed by atoms with Gasteiger partial charge in [-0.3, -0.25) is 14.4 Å². The average Bonchev–Trinajstić information content (AvgIpc) is 3.80. The minimum absolute atomic E-state index is 0.00636. The summed E-state index contributed by atoms with van der Waals surface area (Å²) in [5.74, 6) is 0.497. The van der Waals surface area contributed by atoms with E-state index >= 15 is 0 Å². The summed E-state index contributed by atoms with van der Waals surface area (Å²) in [6.45, 7) is 4.27. The molecule has 48 heavy (non-hydrogen) atoms. The Bertz CT molecular complexity index is 1910. The lowest BCUT2D eigenvalue weighted by atomic mass is 9.81. The van der Waals surface area contributed by atoms with Gasteiger partial charge in [0.05, 0.1) is 18.2 Å². The van der Waals surface area contributed by atoms with Gasteiger partial charge in [0.15, 0.2) is 0 Å². The van der Waals surface area contributed by atoms with E-state index in [9.17, 15) is 22.8 Å². The summed E-state index contributed by atoms with van der Waals surface area (Å²) in [5.41, 5.74) is 4.92. The maximum atomic E-state index is 14.8. The van der Waals surface area contributed by atoms with Crippen molar-refractivity contribution in [2.24, 2.45) is 5.41 Å². The molecule has 0 bridgehead atoms. The summed E-state index contributed by atoms with van der Waals surface area (Å²) in [6.07, 6.45) is 7.05. The molecule has 3 amide bonds. The minimum atomic E-state index is -3.99. The first-order valence-electron chi connectivity index (χ1n) is 17.1. The summed E-state index contributed by atoms with van der Waals surface area (Å²) in [7, 11) is 0.422. The molecule has 0 radical (unpaired) electrons. The molecule has 256 valence electrons. The first-order valence-corrected chi connectivity index (χ1v) is 18.5. The minimum Gasteiger partial charge on any atom is -0.497 e. The molecule has 0 spiro atoms. The number of hydrogen-bond acceptors (Lipinski definition) is 6. The highest BCUT2D eigenvalue weighted by molar-refractivity contribution is 7.87. The summed E-state index contributed by atoms with van der Waals surface area (Å²) in [6, 6.07) is 11.7. The van der Waals surface area contributed by atoms with Crippen molar-refractivity contribution in [1.82, 2.24) is 23.4 Å². The number of carbonyl (C=O) groups is 3. The van der Waals surface area contributed by atoms with Crippen LogP contribution in [0.1, 0.15) is 85.2 Å². The number of amides is 3. The van der Waals surface area contributed by atoms with Gasteiger partial charge in [0, 0.05) is 81.7 Å². The Kier molecular flexibility index (Phi) is 8.30. The van der Waals surface area contributed by atoms with Gasteiger partial charge >= 0.3 is 10.2 Å². The molecule has 1 N–H and O–H groups in total. The van der Waals surface area contributed by atoms with Crippen LogP contribution in [0.5, 0.6) is 5.75 Å². The Morgan fingerprint density at radius 2 is 1.67 bits per heavy atom. The van der Waals surface area contributed by atoms with Crippen LogP contribution in [-0.4, -0.2) is 92.2 Å². The van der Waals surface area contributed by atoms with Crippen LogP contribution in [0.3, 0.4) is 0 Å². The smallest absolute Gasteiger partial charge is 0.303 e. The second-order valence-electron chi connectivity index (χ2n) is 14.2. The number of benzene rings is 2. The van der Waals surface area contributed by atoms with E-state index in [1.165, 1.54) is 26.1 Å². The predicted molar refractivity (Wildman–Crippen MR) is 183 cm³/mol. The van der Waals surface area contributed by atoms with Crippen molar-refractivity contribution in [3.05, 3.63) is 53.1 Å². The quantitative estimate of drug-likeness (QED) is 0.412. The van der Waals surface area contributed by atoms with E-state index in [0.29, 0.717) is 45.1 Å². The second kappa shape index (κ2) is 12.2. The largest absolute Gasteiger partial charge is 0.497 e. The third kappa shape index (κ3) is 5.46. The van der Waals surface area contributed by atoms with Crippen molar-refractivity contribution in [2.75, 3.05) is 47.4 Å². The normalized spacial score (nSPS) is 22.7. The van der Waals surface area contributed by atoms with Crippen molar-refractivity contribution < 1.29 is 27.5 Å². The first kappa shape index (κ1) is 32.6. The molecule has 1 aromatic heterocycles. The molecule has 2 aromatic carbocycles. The van der Waals surface area contributed by atoms with E-state index in [1.807, 2.05) is 21.9 Å². The van der Waals surface area contributed by atoms with Gasteiger partial charge in [-0.25, -0.2) is 4.72 Å². The van der Waals surface area contributed by atoms with Crippen LogP contribution >= 0.6 is 0 Å². The van der Waals surface area contributed by atoms with Gasteiger partial charge in [-0.05, 0) is 73.1 Å². The van der Waals surface area contributed by atoms with Crippen LogP contribution in [0.25, 0.3) is 22.2 Å². The van der Waals surface area contributed by atoms with Crippen molar-refractivity contribution in [3.63, 3.8) is 0 Å². The summed E-state index contributed by atoms with van der Waals surface area (Å²) in [4.78, 5) is 44.0. The number of methoxy groups -OCH3 is 1. The van der Waals surface area contributed by atoms with Crippen LogP contribution in [0.2, 0.25) is 0 Å². The van der Waals surface area contributed by atoms with Crippen molar-refractivity contribution in [2.45, 2.75) is 70.3 Å². The lowest BCUT2D eigenvalue weighted by Gasteiger charge is -2.27. The number of nitrogens with one attached hydrogen (secondary N) is 1. The Morgan fingerprint density at radius 1 is 0.938 bits per heavy atom. The van der Waals surface area contributed by atoms with E-state index in [-0.39, 0.29) is 23.3 Å². The molecule has 11 nitrogen and oxygen atoms in total. The SMILES string of the molecule is COc1ccc2c(c1)C1CC1(C(=O)N1CCCN(C(C)=O)CC1)Cn1c-2c(C2CCCCC2)c2ccc(C(=O)NS(=O)(=O)N(C)C)cc21. The molecule has 3 fully saturated rings. The van der Waals surface area contributed by atoms with Gasteiger partial charge in [0.1, 0.15) is 5.75 Å². The Morgan fingerprint density at radius 3 is 2.38 bits per heavy atom. The lowest BCUT2D eigenvalue weighted by Crippen LogP contribution is -2.42. The van der Waals surface area contributed by atoms with Gasteiger partial charge < -0.3 is 19.1 Å². The van der Waals surface area contributed by atoms with E-state index < -0.39 is 21.5 Å². The van der Waals surface area contributed by atoms with Gasteiger partial charge in [-0.15, -0.1) is 0 Å². The maximum absolute atomic E-state index is 14.8. The molecule has 7 rings (SSSR count). The van der Waals surface area contributed by atoms with Crippen LogP contribution in [0.4, 0.5) is 0 Å². The van der Waals surface area contributed by atoms with E-state index in [2.05, 4.69) is 21.4 Å². The second-order valence-corrected chi connectivity index (χ2v) is 16.0. The van der Waals surface area contributed by atoms with Gasteiger partial charge in [-0.2, -0.15) is 12.7 Å². The molecule has 4 aliphatic rings. The van der Waals surface area contributed by atoms with Crippen molar-refractivity contribution in [1.29, 1.82) is 0 Å². The van der Waals surface area contributed by atoms with E-state index in [1.54, 1.807) is 26.2 Å². The summed E-state index contributed by atoms with van der Waals surface area (Å²) >= 11 is 0. The van der Waals surface area contributed by atoms with E-state index in [4.69, 9.17) is 4.74 Å². The third-order valence-electron chi connectivity index (χ3n) is 11.1. The number of rotatable bonds is 6. The maximum Gasteiger partial charge on any atom is 0.303 e. The lowest BCUT2D eigenvalue weighted by molar-refractivity contribution is -0.138. The fourth-order valence-electron chi connectivity index (χ4n) is 8.44. The number of aromatic nitrogens is 1. The van der Waals surface area contributed by atoms with Crippen LogP contribution in [0.15, 0.2) is 36.4 Å². The number of carbonyl (C=O) groups excluding carboxylic acids is 3. The molecule has 2 atom stereocenters. The van der Waals surface area contributed by atoms with Gasteiger partial charge in [-0.1, -0.05) is 25.3 Å². The highest BCUT2D eigenvalue weighted by atomic mass is 32.2. The topological polar surface area (TPSA) is 121 Å². The fourth-order valence-corrected chi connectivity index (χ4v) is 8.97. The molecule has 2 aliphatic carbocycles. The van der Waals surface area contributed by atoms with Crippen molar-refractivity contribution in [3.8, 4) is 17.0 Å². The molecule has 3 heterocycles. The monoisotopic (exact) mass is 675 g/mol. The van der Waals surface area contributed by atoms with Crippen molar-refractivity contribution >= 4 is 38.8 Å². The van der Waals surface area contributed by atoms with Crippen LogP contribution < -0.4 is 9.46 Å². The molecule has 2 saturated carbocycles. The fraction of sp³-hybridized carbons (Fsp3) is 0.528. The zero-order valence-electron chi connectivity index (χ0n) is 28.3. The molecule has 2 aliphatic heterocycles. The number of ether oxygens (including phenoxy) is 1. The predicted octanol–water partition coefficient (Wildman–Crippen LogP) is 4.47. The highest BCUT2D eigenvalue weighted by Gasteiger charge is 2.64. The van der Waals surface area contributed by atoms with Crippen LogP contribution in [0, 0.1) is 5.41 Å². The summed E-state index contributed by atoms with van der Waals surface area (Å²) < 4.78 is 36.2. The summed E-state index contributed by atoms with van der Waals surface area (Å²) in [5, 5.41) is 1.04. The molecule has 1 saturated heterocycles. The van der Waals surface area contributed by atoms with Crippen LogP contribution in [-0.2, 0) is 26.3 Å². The zero-order chi connectivity index (χ0) is 34.0. The standard InChI is InChI=1S/C36H45N5O6S/c1-23(42)39-15-8-16-40(18-17-39)35(44)36-21-30(36)29-20-26(47-4)12-14-27(29)33-32(24-9-6-5-7-10-24)28-13-11-25(19-31(28)41(33)22-36)34(43)37-48(45,46)38(2)3/h11-14,19-20,24,30H,5-10,15-18,21-22H2,1-4H3,(H,37,43). The average molecular weight is 676 g/mol. The zero-order valence-corrected chi connectivity index (χ0v) is 29.1. The molecular weight excluding hydrogens is 630 g/mol. The Balaban J connectivity index is 1.40. The van der Waals surface area contributed by atoms with Gasteiger partial charge in [0.2, 0.25) is 11.8 Å². The molecular formula is C36H45N5O6S. The number of fused-ring (bicyclic) bond motifs is 7. The first-order chi connectivity index (χ1) is 22.9.